The van der Waals surface area contributed by atoms with Gasteiger partial charge in [0.1, 0.15) is 24.2 Å². The molecular weight excluding hydrogens is 378 g/mol. The molecule has 0 fully saturated rings. The molecule has 0 aliphatic carbocycles. The summed E-state index contributed by atoms with van der Waals surface area (Å²) in [6, 6.07) is 10.9. The van der Waals surface area contributed by atoms with Crippen molar-refractivity contribution in [3.05, 3.63) is 53.1 Å². The zero-order valence-corrected chi connectivity index (χ0v) is 18.1. The fraction of sp³-hybridized carbons (Fsp3) is 0.400. The molecule has 3 rings (SSSR count). The minimum atomic E-state index is -1.08. The Morgan fingerprint density at radius 1 is 1.15 bits per heavy atom. The van der Waals surface area contributed by atoms with Gasteiger partial charge in [-0.25, -0.2) is 9.67 Å². The number of nitrogens with zero attached hydrogens (tertiary/aromatic N) is 3. The molecular formula is C20H26ClN3O2Si. The number of fused-ring (bicyclic) bond motifs is 1. The van der Waals surface area contributed by atoms with E-state index in [0.29, 0.717) is 18.5 Å². The molecule has 0 saturated heterocycles. The standard InChI is InChI=1S/C20H26ClN3O2Si/c1-15-11-17(24(23-15)14-25-9-10-27(2,3)4)13-26-18-5-6-19-16(12-18)7-8-22-20(19)21/h5-8,11-12H,9-10,13-14H2,1-4H3. The number of hydrogen-bond donors (Lipinski definition) is 0. The van der Waals surface area contributed by atoms with Crippen molar-refractivity contribution >= 4 is 30.4 Å². The van der Waals surface area contributed by atoms with Crippen molar-refractivity contribution in [1.29, 1.82) is 0 Å². The maximum Gasteiger partial charge on any atom is 0.139 e. The van der Waals surface area contributed by atoms with Crippen LogP contribution >= 0.6 is 11.6 Å². The third-order valence-electron chi connectivity index (χ3n) is 4.27. The first kappa shape index (κ1) is 19.9. The minimum Gasteiger partial charge on any atom is -0.487 e. The predicted octanol–water partition coefficient (Wildman–Crippen LogP) is 5.28. The van der Waals surface area contributed by atoms with Crippen molar-refractivity contribution in [3.8, 4) is 5.75 Å². The molecule has 0 aliphatic heterocycles. The predicted molar refractivity (Wildman–Crippen MR) is 112 cm³/mol. The lowest BCUT2D eigenvalue weighted by atomic mass is 10.2. The summed E-state index contributed by atoms with van der Waals surface area (Å²) in [4.78, 5) is 4.10. The van der Waals surface area contributed by atoms with E-state index in [2.05, 4.69) is 29.7 Å². The molecule has 27 heavy (non-hydrogen) atoms. The van der Waals surface area contributed by atoms with E-state index in [9.17, 15) is 0 Å². The van der Waals surface area contributed by atoms with Gasteiger partial charge in [0.15, 0.2) is 0 Å². The van der Waals surface area contributed by atoms with Crippen molar-refractivity contribution in [2.45, 2.75) is 45.9 Å². The van der Waals surface area contributed by atoms with Gasteiger partial charge in [0, 0.05) is 26.3 Å². The molecule has 0 atom stereocenters. The summed E-state index contributed by atoms with van der Waals surface area (Å²) in [5, 5.41) is 6.94. The van der Waals surface area contributed by atoms with E-state index in [1.165, 1.54) is 0 Å². The molecule has 2 heterocycles. The van der Waals surface area contributed by atoms with E-state index in [1.54, 1.807) is 6.20 Å². The van der Waals surface area contributed by atoms with E-state index in [4.69, 9.17) is 21.1 Å². The van der Waals surface area contributed by atoms with Gasteiger partial charge in [-0.15, -0.1) is 0 Å². The van der Waals surface area contributed by atoms with Gasteiger partial charge >= 0.3 is 0 Å². The number of hydrogen-bond acceptors (Lipinski definition) is 4. The Bertz CT molecular complexity index is 921. The summed E-state index contributed by atoms with van der Waals surface area (Å²) in [5.41, 5.74) is 1.95. The molecule has 0 bridgehead atoms. The minimum absolute atomic E-state index is 0.433. The van der Waals surface area contributed by atoms with Crippen LogP contribution in [0.1, 0.15) is 11.4 Å². The van der Waals surface area contributed by atoms with Crippen molar-refractivity contribution in [2.75, 3.05) is 6.61 Å². The zero-order chi connectivity index (χ0) is 19.4. The molecule has 7 heteroatoms. The van der Waals surface area contributed by atoms with Crippen LogP contribution in [-0.2, 0) is 18.1 Å². The number of pyridine rings is 1. The highest BCUT2D eigenvalue weighted by Gasteiger charge is 2.13. The maximum absolute atomic E-state index is 6.12. The second-order valence-electron chi connectivity index (χ2n) is 7.90. The van der Waals surface area contributed by atoms with Gasteiger partial charge in [-0.05, 0) is 48.7 Å². The quantitative estimate of drug-likeness (QED) is 0.291. The molecule has 0 spiro atoms. The average Bonchev–Trinajstić information content (AvgIpc) is 2.96. The highest BCUT2D eigenvalue weighted by Crippen LogP contribution is 2.25. The molecule has 0 N–H and O–H groups in total. The Labute approximate surface area is 166 Å². The lowest BCUT2D eigenvalue weighted by Gasteiger charge is -2.16. The number of halogens is 1. The van der Waals surface area contributed by atoms with Gasteiger partial charge in [0.25, 0.3) is 0 Å². The van der Waals surface area contributed by atoms with Crippen molar-refractivity contribution < 1.29 is 9.47 Å². The summed E-state index contributed by atoms with van der Waals surface area (Å²) in [7, 11) is -1.08. The van der Waals surface area contributed by atoms with Crippen LogP contribution in [0.2, 0.25) is 30.8 Å². The third-order valence-corrected chi connectivity index (χ3v) is 6.27. The Balaban J connectivity index is 1.62. The van der Waals surface area contributed by atoms with Crippen LogP contribution in [0.4, 0.5) is 0 Å². The lowest BCUT2D eigenvalue weighted by molar-refractivity contribution is 0.0737. The summed E-state index contributed by atoms with van der Waals surface area (Å²) >= 11 is 6.12. The average molecular weight is 404 g/mol. The number of aromatic nitrogens is 3. The van der Waals surface area contributed by atoms with Crippen molar-refractivity contribution in [3.63, 3.8) is 0 Å². The number of rotatable bonds is 8. The molecule has 0 aliphatic rings. The number of benzene rings is 1. The zero-order valence-electron chi connectivity index (χ0n) is 16.3. The Morgan fingerprint density at radius 3 is 2.74 bits per heavy atom. The SMILES string of the molecule is Cc1cc(COc2ccc3c(Cl)nccc3c2)n(COCC[Si](C)(C)C)n1. The summed E-state index contributed by atoms with van der Waals surface area (Å²) in [6.45, 7) is 10.7. The highest BCUT2D eigenvalue weighted by atomic mass is 35.5. The molecule has 144 valence electrons. The van der Waals surface area contributed by atoms with E-state index >= 15 is 0 Å². The monoisotopic (exact) mass is 403 g/mol. The third kappa shape index (κ3) is 5.54. The first-order valence-electron chi connectivity index (χ1n) is 9.10. The van der Waals surface area contributed by atoms with Gasteiger partial charge in [0.2, 0.25) is 0 Å². The van der Waals surface area contributed by atoms with E-state index in [1.807, 2.05) is 41.9 Å². The Hall–Kier alpha value is -1.89. The molecule has 5 nitrogen and oxygen atoms in total. The maximum atomic E-state index is 6.12. The van der Waals surface area contributed by atoms with Crippen LogP contribution < -0.4 is 4.74 Å². The molecule has 0 saturated carbocycles. The van der Waals surface area contributed by atoms with E-state index in [-0.39, 0.29) is 0 Å². The second kappa shape index (κ2) is 8.42. The first-order valence-corrected chi connectivity index (χ1v) is 13.2. The van der Waals surface area contributed by atoms with Crippen LogP contribution in [0.5, 0.6) is 5.75 Å². The number of ether oxygens (including phenoxy) is 2. The molecule has 0 radical (unpaired) electrons. The lowest BCUT2D eigenvalue weighted by Crippen LogP contribution is -2.22. The van der Waals surface area contributed by atoms with Crippen LogP contribution in [0.3, 0.4) is 0 Å². The van der Waals surface area contributed by atoms with Gasteiger partial charge in [-0.1, -0.05) is 31.2 Å². The molecule has 0 unspecified atom stereocenters. The molecule has 1 aromatic carbocycles. The second-order valence-corrected chi connectivity index (χ2v) is 13.9. The smallest absolute Gasteiger partial charge is 0.139 e. The Kier molecular flexibility index (Phi) is 6.19. The molecule has 3 aromatic rings. The van der Waals surface area contributed by atoms with Gasteiger partial charge in [-0.2, -0.15) is 5.10 Å². The molecule has 2 aromatic heterocycles. The van der Waals surface area contributed by atoms with Crippen molar-refractivity contribution in [1.82, 2.24) is 14.8 Å². The summed E-state index contributed by atoms with van der Waals surface area (Å²) in [5.74, 6) is 0.787. The van der Waals surface area contributed by atoms with E-state index in [0.717, 1.165) is 40.6 Å². The summed E-state index contributed by atoms with van der Waals surface area (Å²) in [6.07, 6.45) is 1.70. The first-order chi connectivity index (χ1) is 12.8. The Morgan fingerprint density at radius 2 is 1.96 bits per heavy atom. The normalized spacial score (nSPS) is 11.9. The van der Waals surface area contributed by atoms with Gasteiger partial charge in [-0.3, -0.25) is 0 Å². The van der Waals surface area contributed by atoms with Crippen molar-refractivity contribution in [2.24, 2.45) is 0 Å². The number of aryl methyl sites for hydroxylation is 1. The van der Waals surface area contributed by atoms with Gasteiger partial charge < -0.3 is 9.47 Å². The summed E-state index contributed by atoms with van der Waals surface area (Å²) < 4.78 is 13.7. The fourth-order valence-corrected chi connectivity index (χ4v) is 3.71. The fourth-order valence-electron chi connectivity index (χ4n) is 2.72. The highest BCUT2D eigenvalue weighted by molar-refractivity contribution is 6.76. The van der Waals surface area contributed by atoms with Crippen LogP contribution in [0.25, 0.3) is 10.8 Å². The van der Waals surface area contributed by atoms with E-state index < -0.39 is 8.07 Å². The van der Waals surface area contributed by atoms with Crippen LogP contribution in [-0.4, -0.2) is 29.4 Å². The topological polar surface area (TPSA) is 49.2 Å². The van der Waals surface area contributed by atoms with Crippen LogP contribution in [0, 0.1) is 6.92 Å². The van der Waals surface area contributed by atoms with Crippen LogP contribution in [0.15, 0.2) is 36.5 Å². The molecule has 0 amide bonds. The van der Waals surface area contributed by atoms with Gasteiger partial charge in [0.05, 0.1) is 11.4 Å². The largest absolute Gasteiger partial charge is 0.487 e.